The molecule has 0 fully saturated rings. The van der Waals surface area contributed by atoms with Gasteiger partial charge in [0.15, 0.2) is 0 Å². The summed E-state index contributed by atoms with van der Waals surface area (Å²) >= 11 is 0. The molecule has 7 heteroatoms. The molecule has 0 saturated heterocycles. The summed E-state index contributed by atoms with van der Waals surface area (Å²) in [7, 11) is 3.21. The fraction of sp³-hybridized carbons (Fsp3) is 0.316. The van der Waals surface area contributed by atoms with Gasteiger partial charge in [0.05, 0.1) is 18.2 Å². The minimum Gasteiger partial charge on any atom is -0.497 e. The third-order valence-electron chi connectivity index (χ3n) is 3.69. The first-order chi connectivity index (χ1) is 12.6. The molecule has 0 saturated carbocycles. The van der Waals surface area contributed by atoms with Crippen LogP contribution >= 0.6 is 0 Å². The Kier molecular flexibility index (Phi) is 7.57. The van der Waals surface area contributed by atoms with Gasteiger partial charge < -0.3 is 20.1 Å². The molecule has 138 valence electrons. The second kappa shape index (κ2) is 10.1. The predicted molar refractivity (Wildman–Crippen MR) is 97.2 cm³/mol. The standard InChI is InChI=1S/C19H23N3O4/c1-25-9-3-8-21-18(23)15-10-16(13-20-12-15)19(24)22-11-14-4-6-17(26-2)7-5-14/h4-7,10,12-13H,3,8-9,11H2,1-2H3,(H,21,23)(H,22,24). The Morgan fingerprint density at radius 2 is 1.65 bits per heavy atom. The minimum atomic E-state index is -0.289. The second-order valence-corrected chi connectivity index (χ2v) is 5.60. The van der Waals surface area contributed by atoms with Crippen LogP contribution < -0.4 is 15.4 Å². The molecule has 1 aromatic heterocycles. The number of amides is 2. The lowest BCUT2D eigenvalue weighted by atomic mass is 10.1. The zero-order valence-corrected chi connectivity index (χ0v) is 15.0. The van der Waals surface area contributed by atoms with E-state index in [1.54, 1.807) is 14.2 Å². The number of benzene rings is 1. The van der Waals surface area contributed by atoms with Crippen LogP contribution in [0.2, 0.25) is 0 Å². The average Bonchev–Trinajstić information content (AvgIpc) is 2.69. The molecular formula is C19H23N3O4. The van der Waals surface area contributed by atoms with Crippen molar-refractivity contribution in [1.82, 2.24) is 15.6 Å². The number of carbonyl (C=O) groups is 2. The van der Waals surface area contributed by atoms with E-state index in [2.05, 4.69) is 15.6 Å². The monoisotopic (exact) mass is 357 g/mol. The quantitative estimate of drug-likeness (QED) is 0.668. The Morgan fingerprint density at radius 1 is 1.00 bits per heavy atom. The van der Waals surface area contributed by atoms with E-state index in [0.29, 0.717) is 30.8 Å². The fourth-order valence-electron chi connectivity index (χ4n) is 2.24. The zero-order chi connectivity index (χ0) is 18.8. The van der Waals surface area contributed by atoms with E-state index in [9.17, 15) is 9.59 Å². The number of methoxy groups -OCH3 is 2. The van der Waals surface area contributed by atoms with Gasteiger partial charge in [-0.05, 0) is 30.2 Å². The van der Waals surface area contributed by atoms with Gasteiger partial charge >= 0.3 is 0 Å². The summed E-state index contributed by atoms with van der Waals surface area (Å²) in [6, 6.07) is 8.94. The number of aromatic nitrogens is 1. The maximum Gasteiger partial charge on any atom is 0.253 e. The van der Waals surface area contributed by atoms with Crippen molar-refractivity contribution in [2.75, 3.05) is 27.4 Å². The Morgan fingerprint density at radius 3 is 2.27 bits per heavy atom. The summed E-state index contributed by atoms with van der Waals surface area (Å²) in [6.45, 7) is 1.45. The van der Waals surface area contributed by atoms with E-state index in [4.69, 9.17) is 9.47 Å². The lowest BCUT2D eigenvalue weighted by Gasteiger charge is -2.08. The smallest absolute Gasteiger partial charge is 0.253 e. The molecule has 0 aliphatic heterocycles. The van der Waals surface area contributed by atoms with Crippen LogP contribution in [-0.4, -0.2) is 44.2 Å². The summed E-state index contributed by atoms with van der Waals surface area (Å²) in [6.07, 6.45) is 3.59. The first-order valence-corrected chi connectivity index (χ1v) is 8.27. The topological polar surface area (TPSA) is 89.5 Å². The van der Waals surface area contributed by atoms with Crippen molar-refractivity contribution in [3.05, 3.63) is 59.4 Å². The molecule has 0 spiro atoms. The lowest BCUT2D eigenvalue weighted by molar-refractivity contribution is 0.0948. The molecule has 2 rings (SSSR count). The van der Waals surface area contributed by atoms with Gasteiger partial charge in [-0.25, -0.2) is 0 Å². The largest absolute Gasteiger partial charge is 0.497 e. The predicted octanol–water partition coefficient (Wildman–Crippen LogP) is 1.79. The first-order valence-electron chi connectivity index (χ1n) is 8.27. The Balaban J connectivity index is 1.91. The molecule has 7 nitrogen and oxygen atoms in total. The highest BCUT2D eigenvalue weighted by atomic mass is 16.5. The van der Waals surface area contributed by atoms with Crippen molar-refractivity contribution < 1.29 is 19.1 Å². The first kappa shape index (κ1) is 19.4. The van der Waals surface area contributed by atoms with Gasteiger partial charge in [-0.2, -0.15) is 0 Å². The van der Waals surface area contributed by atoms with Gasteiger partial charge in [0, 0.05) is 39.2 Å². The van der Waals surface area contributed by atoms with Crippen LogP contribution in [0.25, 0.3) is 0 Å². The zero-order valence-electron chi connectivity index (χ0n) is 15.0. The van der Waals surface area contributed by atoms with Gasteiger partial charge in [0.1, 0.15) is 5.75 Å². The number of pyridine rings is 1. The summed E-state index contributed by atoms with van der Waals surface area (Å²) in [5.74, 6) is 0.203. The van der Waals surface area contributed by atoms with Crippen LogP contribution in [0.3, 0.4) is 0 Å². The van der Waals surface area contributed by atoms with E-state index in [-0.39, 0.29) is 11.8 Å². The highest BCUT2D eigenvalue weighted by Gasteiger charge is 2.11. The van der Waals surface area contributed by atoms with Gasteiger partial charge in [-0.15, -0.1) is 0 Å². The van der Waals surface area contributed by atoms with E-state index in [0.717, 1.165) is 17.7 Å². The van der Waals surface area contributed by atoms with Crippen molar-refractivity contribution >= 4 is 11.8 Å². The number of nitrogens with zero attached hydrogens (tertiary/aromatic N) is 1. The van der Waals surface area contributed by atoms with Crippen LogP contribution in [0.5, 0.6) is 5.75 Å². The molecule has 0 radical (unpaired) electrons. The van der Waals surface area contributed by atoms with Crippen LogP contribution in [0, 0.1) is 0 Å². The van der Waals surface area contributed by atoms with Gasteiger partial charge in [-0.1, -0.05) is 12.1 Å². The number of hydrogen-bond donors (Lipinski definition) is 2. The molecular weight excluding hydrogens is 334 g/mol. The molecule has 2 amide bonds. The maximum absolute atomic E-state index is 12.3. The Bertz CT molecular complexity index is 732. The molecule has 1 heterocycles. The molecule has 0 aliphatic carbocycles. The Hall–Kier alpha value is -2.93. The normalized spacial score (nSPS) is 10.2. The molecule has 26 heavy (non-hydrogen) atoms. The van der Waals surface area contributed by atoms with Crippen molar-refractivity contribution in [2.45, 2.75) is 13.0 Å². The van der Waals surface area contributed by atoms with E-state index < -0.39 is 0 Å². The van der Waals surface area contributed by atoms with Crippen LogP contribution in [0.4, 0.5) is 0 Å². The highest BCUT2D eigenvalue weighted by Crippen LogP contribution is 2.11. The molecule has 0 bridgehead atoms. The van der Waals surface area contributed by atoms with Crippen molar-refractivity contribution in [2.24, 2.45) is 0 Å². The highest BCUT2D eigenvalue weighted by molar-refractivity contribution is 5.99. The van der Waals surface area contributed by atoms with E-state index in [1.807, 2.05) is 24.3 Å². The lowest BCUT2D eigenvalue weighted by Crippen LogP contribution is -2.27. The molecule has 0 aliphatic rings. The summed E-state index contributed by atoms with van der Waals surface area (Å²) in [4.78, 5) is 28.4. The molecule has 0 atom stereocenters. The van der Waals surface area contributed by atoms with Crippen LogP contribution in [0.15, 0.2) is 42.7 Å². The van der Waals surface area contributed by atoms with Crippen LogP contribution in [-0.2, 0) is 11.3 Å². The minimum absolute atomic E-state index is 0.265. The van der Waals surface area contributed by atoms with Crippen molar-refractivity contribution in [3.8, 4) is 5.75 Å². The number of rotatable bonds is 9. The molecule has 0 unspecified atom stereocenters. The molecule has 1 aromatic carbocycles. The SMILES string of the molecule is COCCCNC(=O)c1cncc(C(=O)NCc2ccc(OC)cc2)c1. The fourth-order valence-corrected chi connectivity index (χ4v) is 2.24. The number of carbonyl (C=O) groups excluding carboxylic acids is 2. The van der Waals surface area contributed by atoms with E-state index >= 15 is 0 Å². The number of ether oxygens (including phenoxy) is 2. The molecule has 2 aromatic rings. The maximum atomic E-state index is 12.3. The van der Waals surface area contributed by atoms with Crippen molar-refractivity contribution in [1.29, 1.82) is 0 Å². The third kappa shape index (κ3) is 5.86. The average molecular weight is 357 g/mol. The van der Waals surface area contributed by atoms with Gasteiger partial charge in [0.2, 0.25) is 0 Å². The third-order valence-corrected chi connectivity index (χ3v) is 3.69. The van der Waals surface area contributed by atoms with Crippen LogP contribution in [0.1, 0.15) is 32.7 Å². The van der Waals surface area contributed by atoms with Gasteiger partial charge in [-0.3, -0.25) is 14.6 Å². The molecule has 2 N–H and O–H groups in total. The number of hydrogen-bond acceptors (Lipinski definition) is 5. The second-order valence-electron chi connectivity index (χ2n) is 5.60. The van der Waals surface area contributed by atoms with Crippen molar-refractivity contribution in [3.63, 3.8) is 0 Å². The van der Waals surface area contributed by atoms with Gasteiger partial charge in [0.25, 0.3) is 11.8 Å². The summed E-state index contributed by atoms with van der Waals surface area (Å²) < 4.78 is 10.0. The summed E-state index contributed by atoms with van der Waals surface area (Å²) in [5.41, 5.74) is 1.63. The number of nitrogens with one attached hydrogen (secondary N) is 2. The summed E-state index contributed by atoms with van der Waals surface area (Å²) in [5, 5.41) is 5.58. The van der Waals surface area contributed by atoms with E-state index in [1.165, 1.54) is 18.5 Å². The Labute approximate surface area is 152 Å².